The van der Waals surface area contributed by atoms with Crippen LogP contribution >= 0.6 is 0 Å². The Labute approximate surface area is 238 Å². The lowest BCUT2D eigenvalue weighted by atomic mass is 9.93. The highest BCUT2D eigenvalue weighted by Gasteiger charge is 2.32. The van der Waals surface area contributed by atoms with Gasteiger partial charge in [-0.3, -0.25) is 14.4 Å². The maximum Gasteiger partial charge on any atom is 0.255 e. The van der Waals surface area contributed by atoms with Crippen molar-refractivity contribution in [2.75, 3.05) is 20.1 Å². The summed E-state index contributed by atoms with van der Waals surface area (Å²) >= 11 is 0. The quantitative estimate of drug-likeness (QED) is 0.425. The van der Waals surface area contributed by atoms with Crippen LogP contribution in [0.15, 0.2) is 34.9 Å². The second-order valence-electron chi connectivity index (χ2n) is 12.0. The van der Waals surface area contributed by atoms with Crippen molar-refractivity contribution in [3.05, 3.63) is 47.3 Å². The summed E-state index contributed by atoms with van der Waals surface area (Å²) in [6.07, 6.45) is 1.39. The van der Waals surface area contributed by atoms with Crippen LogP contribution in [0.3, 0.4) is 0 Å². The Morgan fingerprint density at radius 1 is 1.25 bits per heavy atom. The van der Waals surface area contributed by atoms with Crippen LogP contribution in [0.4, 0.5) is 0 Å². The van der Waals surface area contributed by atoms with Crippen LogP contribution in [0.2, 0.25) is 0 Å². The van der Waals surface area contributed by atoms with E-state index in [2.05, 4.69) is 10.5 Å². The third-order valence-electron chi connectivity index (χ3n) is 6.57. The van der Waals surface area contributed by atoms with E-state index in [4.69, 9.17) is 9.26 Å². The molecule has 40 heavy (non-hydrogen) atoms. The molecule has 2 heterocycles. The molecule has 222 valence electrons. The van der Waals surface area contributed by atoms with Gasteiger partial charge in [0.25, 0.3) is 5.91 Å². The molecule has 10 heteroatoms. The summed E-state index contributed by atoms with van der Waals surface area (Å²) in [5.74, 6) is 0.837. The molecule has 1 aromatic heterocycles. The number of likely N-dealkylation sites (tertiary alicyclic amines) is 1. The lowest BCUT2D eigenvalue weighted by Crippen LogP contribution is -2.48. The van der Waals surface area contributed by atoms with Crippen LogP contribution in [-0.2, 0) is 21.6 Å². The second-order valence-corrected chi connectivity index (χ2v) is 12.0. The number of carbonyl (C=O) groups excluding carboxylic acids is 3. The lowest BCUT2D eigenvalue weighted by Gasteiger charge is -2.25. The standard InChI is InChI=1S/C25H35N3O5.C5H11NO/c1-16(2)12-20(24(31)28-11-10-18(29)14-28)26-23(30)19-8-6-7-9-21(19)32-15-17-13-22(33-27-17)25(3,4)5;1-5(2)6(3)4-7/h6-9,13,16,18,20,29H,10-12,14-15H2,1-5H3,(H,26,30);4-5H,1-3H3. The van der Waals surface area contributed by atoms with Crippen LogP contribution in [-0.4, -0.2) is 76.6 Å². The van der Waals surface area contributed by atoms with Gasteiger partial charge in [-0.1, -0.05) is 51.9 Å². The lowest BCUT2D eigenvalue weighted by molar-refractivity contribution is -0.133. The highest BCUT2D eigenvalue weighted by Crippen LogP contribution is 2.24. The van der Waals surface area contributed by atoms with Gasteiger partial charge in [0.1, 0.15) is 29.9 Å². The average molecular weight is 559 g/mol. The number of nitrogens with zero attached hydrogens (tertiary/aromatic N) is 3. The number of ether oxygens (including phenoxy) is 1. The van der Waals surface area contributed by atoms with Gasteiger partial charge in [-0.2, -0.15) is 0 Å². The minimum absolute atomic E-state index is 0.157. The first-order valence-corrected chi connectivity index (χ1v) is 13.9. The predicted molar refractivity (Wildman–Crippen MR) is 153 cm³/mol. The molecule has 3 amide bonds. The summed E-state index contributed by atoms with van der Waals surface area (Å²) in [6.45, 7) is 15.0. The molecule has 1 aliphatic heterocycles. The molecule has 1 aromatic carbocycles. The maximum atomic E-state index is 13.1. The predicted octanol–water partition coefficient (Wildman–Crippen LogP) is 3.77. The average Bonchev–Trinajstić information content (AvgIpc) is 3.55. The van der Waals surface area contributed by atoms with Gasteiger partial charge in [0, 0.05) is 37.7 Å². The number of para-hydroxylation sites is 1. The Morgan fingerprint density at radius 3 is 2.42 bits per heavy atom. The fraction of sp³-hybridized carbons (Fsp3) is 0.600. The first kappa shape index (κ1) is 32.8. The van der Waals surface area contributed by atoms with Crippen molar-refractivity contribution < 1.29 is 28.8 Å². The molecule has 2 unspecified atom stereocenters. The molecule has 10 nitrogen and oxygen atoms in total. The van der Waals surface area contributed by atoms with Gasteiger partial charge in [-0.05, 0) is 44.7 Å². The summed E-state index contributed by atoms with van der Waals surface area (Å²) in [5.41, 5.74) is 0.822. The van der Waals surface area contributed by atoms with Crippen molar-refractivity contribution in [3.63, 3.8) is 0 Å². The smallest absolute Gasteiger partial charge is 0.255 e. The van der Waals surface area contributed by atoms with Crippen LogP contribution < -0.4 is 10.1 Å². The van der Waals surface area contributed by atoms with Gasteiger partial charge in [0.2, 0.25) is 12.3 Å². The molecule has 2 aromatic rings. The van der Waals surface area contributed by atoms with E-state index in [0.29, 0.717) is 49.0 Å². The number of β-amino-alcohol motifs (C(OH)–C–C–N with tert-alkyl or cyclic N) is 1. The fourth-order valence-corrected chi connectivity index (χ4v) is 3.88. The van der Waals surface area contributed by atoms with E-state index in [1.54, 1.807) is 41.1 Å². The van der Waals surface area contributed by atoms with Gasteiger partial charge in [0.05, 0.1) is 11.7 Å². The van der Waals surface area contributed by atoms with Crippen molar-refractivity contribution in [2.45, 2.75) is 91.5 Å². The number of aliphatic hydroxyl groups excluding tert-OH is 1. The van der Waals surface area contributed by atoms with Crippen LogP contribution in [0.1, 0.15) is 83.1 Å². The molecular weight excluding hydrogens is 512 g/mol. The van der Waals surface area contributed by atoms with Crippen LogP contribution in [0.25, 0.3) is 0 Å². The second kappa shape index (κ2) is 14.8. The van der Waals surface area contributed by atoms with Gasteiger partial charge in [0.15, 0.2) is 0 Å². The van der Waals surface area contributed by atoms with Crippen LogP contribution in [0.5, 0.6) is 5.75 Å². The number of hydrogen-bond acceptors (Lipinski definition) is 7. The number of nitrogens with one attached hydrogen (secondary N) is 1. The van der Waals surface area contributed by atoms with Crippen LogP contribution in [0, 0.1) is 5.92 Å². The Balaban J connectivity index is 0.000000708. The number of carbonyl (C=O) groups is 3. The number of hydrogen-bond donors (Lipinski definition) is 2. The number of aromatic nitrogens is 1. The molecule has 1 fully saturated rings. The van der Waals surface area contributed by atoms with Gasteiger partial charge >= 0.3 is 0 Å². The summed E-state index contributed by atoms with van der Waals surface area (Å²) < 4.78 is 11.3. The molecule has 0 saturated carbocycles. The molecule has 2 atom stereocenters. The maximum absolute atomic E-state index is 13.1. The third-order valence-corrected chi connectivity index (χ3v) is 6.57. The van der Waals surface area contributed by atoms with Gasteiger partial charge in [-0.25, -0.2) is 0 Å². The number of benzene rings is 1. The van der Waals surface area contributed by atoms with E-state index in [1.165, 1.54) is 0 Å². The highest BCUT2D eigenvalue weighted by atomic mass is 16.5. The molecule has 0 spiro atoms. The Bertz CT molecular complexity index is 1110. The Kier molecular flexibility index (Phi) is 12.2. The Morgan fingerprint density at radius 2 is 1.93 bits per heavy atom. The molecule has 0 bridgehead atoms. The van der Waals surface area contributed by atoms with E-state index < -0.39 is 12.1 Å². The number of amides is 3. The molecule has 0 radical (unpaired) electrons. The van der Waals surface area contributed by atoms with Gasteiger partial charge < -0.3 is 29.5 Å². The van der Waals surface area contributed by atoms with Crippen molar-refractivity contribution in [2.24, 2.45) is 5.92 Å². The largest absolute Gasteiger partial charge is 0.486 e. The first-order valence-electron chi connectivity index (χ1n) is 13.9. The highest BCUT2D eigenvalue weighted by molar-refractivity contribution is 5.99. The SMILES string of the molecule is CC(C)CC(NC(=O)c1ccccc1OCc1cc(C(C)(C)C)on1)C(=O)N1CCC(O)C1.CC(C)N(C)C=O. The van der Waals surface area contributed by atoms with Crippen molar-refractivity contribution in [3.8, 4) is 5.75 Å². The summed E-state index contributed by atoms with van der Waals surface area (Å²) in [5, 5.41) is 16.7. The van der Waals surface area contributed by atoms with Crippen molar-refractivity contribution >= 4 is 18.2 Å². The number of rotatable bonds is 10. The molecule has 3 rings (SSSR count). The zero-order valence-electron chi connectivity index (χ0n) is 25.1. The van der Waals surface area contributed by atoms with E-state index >= 15 is 0 Å². The zero-order chi connectivity index (χ0) is 30.0. The minimum atomic E-state index is -0.666. The molecule has 2 N–H and O–H groups in total. The first-order chi connectivity index (χ1) is 18.7. The van der Waals surface area contributed by atoms with E-state index in [9.17, 15) is 19.5 Å². The fourth-order valence-electron chi connectivity index (χ4n) is 3.88. The van der Waals surface area contributed by atoms with Crippen molar-refractivity contribution in [1.82, 2.24) is 20.3 Å². The number of aliphatic hydroxyl groups is 1. The van der Waals surface area contributed by atoms with E-state index in [1.807, 2.05) is 54.5 Å². The topological polar surface area (TPSA) is 125 Å². The molecule has 1 saturated heterocycles. The van der Waals surface area contributed by atoms with E-state index in [-0.39, 0.29) is 29.8 Å². The zero-order valence-corrected chi connectivity index (χ0v) is 25.1. The summed E-state index contributed by atoms with van der Waals surface area (Å²) in [4.78, 5) is 39.3. The van der Waals surface area contributed by atoms with E-state index in [0.717, 1.165) is 12.2 Å². The van der Waals surface area contributed by atoms with Gasteiger partial charge in [-0.15, -0.1) is 0 Å². The molecule has 1 aliphatic rings. The monoisotopic (exact) mass is 558 g/mol. The summed E-state index contributed by atoms with van der Waals surface area (Å²) in [7, 11) is 1.76. The summed E-state index contributed by atoms with van der Waals surface area (Å²) in [6, 6.07) is 8.45. The molecule has 0 aliphatic carbocycles. The Hall–Kier alpha value is -3.40. The third kappa shape index (κ3) is 9.97. The van der Waals surface area contributed by atoms with Crippen molar-refractivity contribution in [1.29, 1.82) is 0 Å². The molecular formula is C30H46N4O6. The minimum Gasteiger partial charge on any atom is -0.486 e. The normalized spacial score (nSPS) is 15.9.